The van der Waals surface area contributed by atoms with Gasteiger partial charge in [0, 0.05) is 7.11 Å². The molecule has 0 bridgehead atoms. The molecule has 0 aliphatic rings. The second kappa shape index (κ2) is 14.6. The molecule has 0 saturated carbocycles. The summed E-state index contributed by atoms with van der Waals surface area (Å²) in [6.07, 6.45) is 1.50. The fraction of sp³-hybridized carbons (Fsp3) is 0.600. The lowest BCUT2D eigenvalue weighted by Crippen LogP contribution is -2.56. The summed E-state index contributed by atoms with van der Waals surface area (Å²) in [4.78, 5) is 25.2. The summed E-state index contributed by atoms with van der Waals surface area (Å²) in [5, 5.41) is 2.42. The fourth-order valence-electron chi connectivity index (χ4n) is 2.94. The highest BCUT2D eigenvalue weighted by atomic mass is 32.2. The summed E-state index contributed by atoms with van der Waals surface area (Å²) in [7, 11) is -4.96. The number of rotatable bonds is 14. The molecule has 0 unspecified atom stereocenters. The number of nitrogens with one attached hydrogen (secondary N) is 1. The Bertz CT molecular complexity index is 991. The smallest absolute Gasteiger partial charge is 0.407 e. The summed E-state index contributed by atoms with van der Waals surface area (Å²) in [6.45, 7) is 11.1. The van der Waals surface area contributed by atoms with Crippen molar-refractivity contribution in [3.8, 4) is 0 Å². The van der Waals surface area contributed by atoms with Crippen molar-refractivity contribution in [2.45, 2.75) is 70.7 Å². The zero-order chi connectivity index (χ0) is 28.3. The Morgan fingerprint density at radius 3 is 2.27 bits per heavy atom. The molecule has 0 aliphatic heterocycles. The average Bonchev–Trinajstić information content (AvgIpc) is 2.78. The third-order valence-corrected chi connectivity index (χ3v) is 10.9. The first kappa shape index (κ1) is 32.8. The van der Waals surface area contributed by atoms with Gasteiger partial charge in [-0.25, -0.2) is 9.59 Å². The second-order valence-corrected chi connectivity index (χ2v) is 16.5. The van der Waals surface area contributed by atoms with Crippen LogP contribution in [0.4, 0.5) is 4.79 Å². The topological polar surface area (TPSA) is 126 Å². The molecule has 0 aliphatic carbocycles. The first-order valence-electron chi connectivity index (χ1n) is 11.9. The number of alkyl carbamates (subject to hydrolysis) is 1. The Morgan fingerprint density at radius 1 is 1.14 bits per heavy atom. The van der Waals surface area contributed by atoms with Crippen LogP contribution in [0, 0.1) is 0 Å². The molecular formula is C25H41NO9SSi. The molecule has 0 aromatic heterocycles. The summed E-state index contributed by atoms with van der Waals surface area (Å²) < 4.78 is 51.1. The van der Waals surface area contributed by atoms with Crippen molar-refractivity contribution < 1.29 is 40.8 Å². The number of allylic oxidation sites excluding steroid dienone is 1. The van der Waals surface area contributed by atoms with Gasteiger partial charge < -0.3 is 24.0 Å². The molecule has 12 heteroatoms. The third kappa shape index (κ3) is 12.2. The van der Waals surface area contributed by atoms with Crippen LogP contribution < -0.4 is 5.32 Å². The minimum atomic E-state index is -3.89. The number of hydrogen-bond donors (Lipinski definition) is 1. The van der Waals surface area contributed by atoms with Crippen LogP contribution in [0.15, 0.2) is 42.5 Å². The lowest BCUT2D eigenvalue weighted by molar-refractivity contribution is -0.159. The van der Waals surface area contributed by atoms with E-state index < -0.39 is 55.4 Å². The minimum Gasteiger partial charge on any atom is -0.455 e. The van der Waals surface area contributed by atoms with Crippen LogP contribution in [-0.4, -0.2) is 73.6 Å². The number of amides is 1. The lowest BCUT2D eigenvalue weighted by atomic mass is 10.1. The molecule has 0 spiro atoms. The van der Waals surface area contributed by atoms with Crippen LogP contribution in [0.5, 0.6) is 0 Å². The summed E-state index contributed by atoms with van der Waals surface area (Å²) >= 11 is 0. The van der Waals surface area contributed by atoms with Gasteiger partial charge in [-0.1, -0.05) is 63.3 Å². The highest BCUT2D eigenvalue weighted by molar-refractivity contribution is 7.85. The highest BCUT2D eigenvalue weighted by Crippen LogP contribution is 2.38. The predicted molar refractivity (Wildman–Crippen MR) is 143 cm³/mol. The molecular weight excluding hydrogens is 518 g/mol. The zero-order valence-electron chi connectivity index (χ0n) is 23.0. The lowest BCUT2D eigenvalue weighted by Gasteiger charge is -2.41. The van der Waals surface area contributed by atoms with Crippen LogP contribution in [0.25, 0.3) is 0 Å². The highest BCUT2D eigenvalue weighted by Gasteiger charge is 2.43. The van der Waals surface area contributed by atoms with Gasteiger partial charge in [0.05, 0.1) is 18.9 Å². The van der Waals surface area contributed by atoms with E-state index in [0.29, 0.717) is 0 Å². The van der Waals surface area contributed by atoms with E-state index in [-0.39, 0.29) is 18.3 Å². The van der Waals surface area contributed by atoms with Crippen LogP contribution >= 0.6 is 0 Å². The monoisotopic (exact) mass is 559 g/mol. The molecule has 1 rings (SSSR count). The van der Waals surface area contributed by atoms with Crippen LogP contribution in [0.2, 0.25) is 18.1 Å². The van der Waals surface area contributed by atoms with Crippen LogP contribution in [0.1, 0.15) is 33.3 Å². The first-order valence-corrected chi connectivity index (χ1v) is 16.6. The standard InChI is InChI=1S/C25H41NO9SSi/c1-9-13-21(35-37(7,8)25(2,3)4)23(34-22(27)18-31-5)20(17-33-36(6,29)30)26-24(28)32-16-19-14-11-10-12-15-19/h9-15,20-21,23H,16-18H2,1-8H3,(H,26,28)/b13-9+/t20-,21+,23+/m0/s1. The number of benzene rings is 1. The molecule has 37 heavy (non-hydrogen) atoms. The Morgan fingerprint density at radius 2 is 1.76 bits per heavy atom. The van der Waals surface area contributed by atoms with Crippen molar-refractivity contribution in [2.24, 2.45) is 0 Å². The zero-order valence-corrected chi connectivity index (χ0v) is 24.8. The second-order valence-electron chi connectivity index (χ2n) is 10.1. The first-order chi connectivity index (χ1) is 17.1. The number of hydrogen-bond acceptors (Lipinski definition) is 9. The van der Waals surface area contributed by atoms with Gasteiger partial charge in [-0.2, -0.15) is 8.42 Å². The maximum Gasteiger partial charge on any atom is 0.407 e. The Balaban J connectivity index is 3.34. The molecule has 1 aromatic rings. The summed E-state index contributed by atoms with van der Waals surface area (Å²) in [5.41, 5.74) is 0.762. The van der Waals surface area contributed by atoms with Gasteiger partial charge in [0.25, 0.3) is 10.1 Å². The molecule has 210 valence electrons. The summed E-state index contributed by atoms with van der Waals surface area (Å²) in [6, 6.07) is 7.91. The van der Waals surface area contributed by atoms with Crippen LogP contribution in [-0.2, 0) is 44.3 Å². The van der Waals surface area contributed by atoms with Gasteiger partial charge in [-0.05, 0) is 30.6 Å². The number of esters is 1. The van der Waals surface area contributed by atoms with E-state index in [1.54, 1.807) is 31.2 Å². The Labute approximate surface area is 221 Å². The van der Waals surface area contributed by atoms with E-state index >= 15 is 0 Å². The average molecular weight is 560 g/mol. The molecule has 3 atom stereocenters. The molecule has 10 nitrogen and oxygen atoms in total. The molecule has 0 saturated heterocycles. The number of ether oxygens (including phenoxy) is 3. The maximum atomic E-state index is 12.7. The largest absolute Gasteiger partial charge is 0.455 e. The fourth-order valence-corrected chi connectivity index (χ4v) is 4.58. The Hall–Kier alpha value is -2.25. The van der Waals surface area contributed by atoms with Gasteiger partial charge in [-0.15, -0.1) is 0 Å². The van der Waals surface area contributed by atoms with E-state index in [1.807, 2.05) is 31.3 Å². The maximum absolute atomic E-state index is 12.7. The molecule has 1 N–H and O–H groups in total. The van der Waals surface area contributed by atoms with Gasteiger partial charge >= 0.3 is 12.1 Å². The van der Waals surface area contributed by atoms with Crippen molar-refractivity contribution in [3.63, 3.8) is 0 Å². The molecule has 1 aromatic carbocycles. The van der Waals surface area contributed by atoms with Crippen molar-refractivity contribution in [3.05, 3.63) is 48.0 Å². The van der Waals surface area contributed by atoms with Crippen molar-refractivity contribution >= 4 is 30.5 Å². The minimum absolute atomic E-state index is 0.0147. The number of methoxy groups -OCH3 is 1. The van der Waals surface area contributed by atoms with Crippen molar-refractivity contribution in [2.75, 3.05) is 26.6 Å². The van der Waals surface area contributed by atoms with Gasteiger partial charge in [0.1, 0.15) is 19.3 Å². The third-order valence-electron chi connectivity index (χ3n) is 5.85. The molecule has 0 heterocycles. The van der Waals surface area contributed by atoms with Crippen molar-refractivity contribution in [1.29, 1.82) is 0 Å². The van der Waals surface area contributed by atoms with Crippen molar-refractivity contribution in [1.82, 2.24) is 5.32 Å². The number of carbonyl (C=O) groups excluding carboxylic acids is 2. The molecule has 1 amide bonds. The van der Waals surface area contributed by atoms with E-state index in [0.717, 1.165) is 11.8 Å². The summed E-state index contributed by atoms with van der Waals surface area (Å²) in [5.74, 6) is -0.718. The molecule has 0 radical (unpaired) electrons. The number of carbonyl (C=O) groups is 2. The van der Waals surface area contributed by atoms with E-state index in [4.69, 9.17) is 22.8 Å². The van der Waals surface area contributed by atoms with Crippen LogP contribution in [0.3, 0.4) is 0 Å². The van der Waals surface area contributed by atoms with E-state index in [2.05, 4.69) is 26.1 Å². The van der Waals surface area contributed by atoms with E-state index in [1.165, 1.54) is 7.11 Å². The van der Waals surface area contributed by atoms with E-state index in [9.17, 15) is 18.0 Å². The van der Waals surface area contributed by atoms with Gasteiger partial charge in [0.2, 0.25) is 0 Å². The molecule has 0 fully saturated rings. The van der Waals surface area contributed by atoms with Gasteiger partial charge in [0.15, 0.2) is 14.4 Å². The SMILES string of the molecule is C/C=C/[C@@H](O[Si](C)(C)C(C)(C)C)[C@H](OC(=O)COC)[C@H](COS(C)(=O)=O)NC(=O)OCc1ccccc1. The predicted octanol–water partition coefficient (Wildman–Crippen LogP) is 3.78. The quantitative estimate of drug-likeness (QED) is 0.157. The Kier molecular flexibility index (Phi) is 13.0. The van der Waals surface area contributed by atoms with Gasteiger partial charge in [-0.3, -0.25) is 4.18 Å². The normalized spacial score (nSPS) is 15.1.